The van der Waals surface area contributed by atoms with Crippen LogP contribution in [0.4, 0.5) is 4.79 Å². The molecule has 2 N–H and O–H groups in total. The van der Waals surface area contributed by atoms with E-state index in [-0.39, 0.29) is 12.1 Å². The van der Waals surface area contributed by atoms with Crippen molar-refractivity contribution in [3.05, 3.63) is 0 Å². The van der Waals surface area contributed by atoms with Crippen LogP contribution in [0.15, 0.2) is 0 Å². The molecule has 0 spiro atoms. The molecule has 0 aromatic rings. The van der Waals surface area contributed by atoms with Crippen LogP contribution < -0.4 is 5.32 Å². The third-order valence-electron chi connectivity index (χ3n) is 4.25. The van der Waals surface area contributed by atoms with E-state index >= 15 is 0 Å². The van der Waals surface area contributed by atoms with E-state index in [4.69, 9.17) is 9.84 Å². The number of rotatable bonds is 4. The van der Waals surface area contributed by atoms with Gasteiger partial charge >= 0.3 is 12.0 Å². The van der Waals surface area contributed by atoms with Gasteiger partial charge in [0, 0.05) is 19.6 Å². The van der Waals surface area contributed by atoms with Gasteiger partial charge in [-0.25, -0.2) is 9.59 Å². The summed E-state index contributed by atoms with van der Waals surface area (Å²) in [5, 5.41) is 11.7. The van der Waals surface area contributed by atoms with Crippen molar-refractivity contribution in [3.63, 3.8) is 0 Å². The number of carboxylic acids is 1. The Bertz CT molecular complexity index is 361. The van der Waals surface area contributed by atoms with Gasteiger partial charge < -0.3 is 20.1 Å². The fourth-order valence-electron chi connectivity index (χ4n) is 2.93. The summed E-state index contributed by atoms with van der Waals surface area (Å²) < 4.78 is 5.37. The van der Waals surface area contributed by atoms with Crippen LogP contribution in [0, 0.1) is 5.92 Å². The average molecular weight is 284 g/mol. The van der Waals surface area contributed by atoms with Crippen LogP contribution in [0.5, 0.6) is 0 Å². The molecule has 3 atom stereocenters. The number of likely N-dealkylation sites (tertiary alicyclic amines) is 1. The van der Waals surface area contributed by atoms with Crippen molar-refractivity contribution in [1.82, 2.24) is 10.2 Å². The third-order valence-corrected chi connectivity index (χ3v) is 4.25. The van der Waals surface area contributed by atoms with Gasteiger partial charge in [-0.05, 0) is 31.6 Å². The summed E-state index contributed by atoms with van der Waals surface area (Å²) in [5.41, 5.74) is 0. The zero-order chi connectivity index (χ0) is 14.5. The second-order valence-corrected chi connectivity index (χ2v) is 5.71. The molecule has 114 valence electrons. The molecule has 2 rings (SSSR count). The Balaban J connectivity index is 1.71. The molecular formula is C14H24N2O4. The van der Waals surface area contributed by atoms with E-state index < -0.39 is 12.1 Å². The molecule has 6 nitrogen and oxygen atoms in total. The van der Waals surface area contributed by atoms with Crippen LogP contribution in [-0.4, -0.2) is 53.8 Å². The van der Waals surface area contributed by atoms with Crippen molar-refractivity contribution >= 4 is 12.0 Å². The number of hydrogen-bond donors (Lipinski definition) is 2. The molecular weight excluding hydrogens is 260 g/mol. The molecule has 0 saturated carbocycles. The second kappa shape index (κ2) is 6.92. The molecule has 0 aromatic heterocycles. The van der Waals surface area contributed by atoms with Gasteiger partial charge in [-0.15, -0.1) is 0 Å². The van der Waals surface area contributed by atoms with E-state index in [0.717, 1.165) is 25.9 Å². The third kappa shape index (κ3) is 3.85. The van der Waals surface area contributed by atoms with Crippen molar-refractivity contribution in [1.29, 1.82) is 0 Å². The van der Waals surface area contributed by atoms with Crippen LogP contribution in [0.3, 0.4) is 0 Å². The number of aliphatic carboxylic acids is 1. The Morgan fingerprint density at radius 2 is 2.15 bits per heavy atom. The van der Waals surface area contributed by atoms with Crippen molar-refractivity contribution in [2.45, 2.75) is 51.2 Å². The summed E-state index contributed by atoms with van der Waals surface area (Å²) in [6.45, 7) is 4.19. The molecule has 0 aliphatic carbocycles. The standard InChI is InChI=1S/C14H24N2O4/c1-2-10-4-3-7-16(9-10)14(19)15-8-11-5-6-12(20-11)13(17)18/h10-12H,2-9H2,1H3,(H,15,19)(H,17,18). The highest BCUT2D eigenvalue weighted by molar-refractivity contribution is 5.74. The Morgan fingerprint density at radius 1 is 1.35 bits per heavy atom. The number of amides is 2. The van der Waals surface area contributed by atoms with Crippen LogP contribution in [-0.2, 0) is 9.53 Å². The SMILES string of the molecule is CCC1CCCN(C(=O)NCC2CCC(C(=O)O)O2)C1. The van der Waals surface area contributed by atoms with Crippen LogP contribution >= 0.6 is 0 Å². The molecule has 20 heavy (non-hydrogen) atoms. The largest absolute Gasteiger partial charge is 0.479 e. The zero-order valence-electron chi connectivity index (χ0n) is 12.0. The van der Waals surface area contributed by atoms with E-state index in [9.17, 15) is 9.59 Å². The lowest BCUT2D eigenvalue weighted by atomic mass is 9.96. The molecule has 6 heteroatoms. The van der Waals surface area contributed by atoms with Crippen molar-refractivity contribution in [3.8, 4) is 0 Å². The smallest absolute Gasteiger partial charge is 0.332 e. The highest BCUT2D eigenvalue weighted by Crippen LogP contribution is 2.20. The number of hydrogen-bond acceptors (Lipinski definition) is 3. The first kappa shape index (κ1) is 15.1. The minimum atomic E-state index is -0.916. The molecule has 2 fully saturated rings. The Kier molecular flexibility index (Phi) is 5.23. The molecule has 2 saturated heterocycles. The highest BCUT2D eigenvalue weighted by Gasteiger charge is 2.31. The minimum absolute atomic E-state index is 0.0504. The van der Waals surface area contributed by atoms with E-state index in [1.165, 1.54) is 6.42 Å². The Morgan fingerprint density at radius 3 is 2.80 bits per heavy atom. The van der Waals surface area contributed by atoms with Gasteiger partial charge in [-0.2, -0.15) is 0 Å². The number of nitrogens with one attached hydrogen (secondary N) is 1. The van der Waals surface area contributed by atoms with E-state index in [1.54, 1.807) is 0 Å². The topological polar surface area (TPSA) is 78.9 Å². The number of ether oxygens (including phenoxy) is 1. The van der Waals surface area contributed by atoms with Crippen LogP contribution in [0.1, 0.15) is 39.0 Å². The lowest BCUT2D eigenvalue weighted by Crippen LogP contribution is -2.47. The number of nitrogens with zero attached hydrogens (tertiary/aromatic N) is 1. The summed E-state index contributed by atoms with van der Waals surface area (Å²) in [6, 6.07) is -0.0504. The minimum Gasteiger partial charge on any atom is -0.479 e. The average Bonchev–Trinajstić information content (AvgIpc) is 2.94. The molecule has 3 unspecified atom stereocenters. The predicted molar refractivity (Wildman–Crippen MR) is 73.5 cm³/mol. The fraction of sp³-hybridized carbons (Fsp3) is 0.857. The summed E-state index contributed by atoms with van der Waals surface area (Å²) in [5.74, 6) is -0.311. The molecule has 2 amide bonds. The first-order valence-corrected chi connectivity index (χ1v) is 7.51. The number of carbonyl (C=O) groups excluding carboxylic acids is 1. The lowest BCUT2D eigenvalue weighted by molar-refractivity contribution is -0.149. The number of piperidine rings is 1. The molecule has 0 bridgehead atoms. The van der Waals surface area contributed by atoms with Gasteiger partial charge in [0.1, 0.15) is 0 Å². The van der Waals surface area contributed by atoms with Gasteiger partial charge in [0.05, 0.1) is 6.10 Å². The van der Waals surface area contributed by atoms with E-state index in [1.807, 2.05) is 4.90 Å². The monoisotopic (exact) mass is 284 g/mol. The molecule has 0 radical (unpaired) electrons. The van der Waals surface area contributed by atoms with Gasteiger partial charge in [0.25, 0.3) is 0 Å². The van der Waals surface area contributed by atoms with Crippen molar-refractivity contribution < 1.29 is 19.4 Å². The normalized spacial score (nSPS) is 30.2. The lowest BCUT2D eigenvalue weighted by Gasteiger charge is -2.32. The van der Waals surface area contributed by atoms with Gasteiger partial charge in [0.15, 0.2) is 6.10 Å². The maximum atomic E-state index is 12.1. The number of carbonyl (C=O) groups is 2. The van der Waals surface area contributed by atoms with Crippen LogP contribution in [0.25, 0.3) is 0 Å². The highest BCUT2D eigenvalue weighted by atomic mass is 16.5. The summed E-state index contributed by atoms with van der Waals surface area (Å²) in [6.07, 6.45) is 3.70. The predicted octanol–water partition coefficient (Wildman–Crippen LogP) is 1.45. The Labute approximate surface area is 119 Å². The van der Waals surface area contributed by atoms with Gasteiger partial charge in [-0.1, -0.05) is 13.3 Å². The zero-order valence-corrected chi connectivity index (χ0v) is 12.0. The van der Waals surface area contributed by atoms with E-state index in [2.05, 4.69) is 12.2 Å². The quantitative estimate of drug-likeness (QED) is 0.819. The van der Waals surface area contributed by atoms with Gasteiger partial charge in [0.2, 0.25) is 0 Å². The molecule has 2 heterocycles. The van der Waals surface area contributed by atoms with E-state index in [0.29, 0.717) is 25.3 Å². The van der Waals surface area contributed by atoms with Crippen LogP contribution in [0.2, 0.25) is 0 Å². The maximum absolute atomic E-state index is 12.1. The van der Waals surface area contributed by atoms with Crippen molar-refractivity contribution in [2.24, 2.45) is 5.92 Å². The Hall–Kier alpha value is -1.30. The number of urea groups is 1. The second-order valence-electron chi connectivity index (χ2n) is 5.71. The van der Waals surface area contributed by atoms with Crippen molar-refractivity contribution in [2.75, 3.05) is 19.6 Å². The summed E-state index contributed by atoms with van der Waals surface area (Å²) >= 11 is 0. The first-order chi connectivity index (χ1) is 9.60. The summed E-state index contributed by atoms with van der Waals surface area (Å²) in [7, 11) is 0. The molecule has 2 aliphatic rings. The first-order valence-electron chi connectivity index (χ1n) is 7.51. The maximum Gasteiger partial charge on any atom is 0.332 e. The molecule has 0 aromatic carbocycles. The molecule has 2 aliphatic heterocycles. The van der Waals surface area contributed by atoms with Gasteiger partial charge in [-0.3, -0.25) is 0 Å². The summed E-state index contributed by atoms with van der Waals surface area (Å²) in [4.78, 5) is 24.7. The number of carboxylic acid groups (broad SMARTS) is 1. The fourth-order valence-corrected chi connectivity index (χ4v) is 2.93.